The van der Waals surface area contributed by atoms with Crippen molar-refractivity contribution in [2.24, 2.45) is 0 Å². The zero-order valence-electron chi connectivity index (χ0n) is 11.0. The largest absolute Gasteiger partial charge is 0.383 e. The van der Waals surface area contributed by atoms with Crippen molar-refractivity contribution in [3.8, 4) is 0 Å². The summed E-state index contributed by atoms with van der Waals surface area (Å²) in [6.45, 7) is 2.27. The number of methoxy groups -OCH3 is 1. The molecule has 20 heavy (non-hydrogen) atoms. The lowest BCUT2D eigenvalue weighted by Crippen LogP contribution is -2.37. The predicted molar refractivity (Wildman–Crippen MR) is 80.2 cm³/mol. The SMILES string of the molecule is COC[C@H]1CSc2c(Cl)c(C)cc3c(=O)[nH]c(=O)n1c23. The average Bonchev–Trinajstić information content (AvgIpc) is 2.41. The van der Waals surface area contributed by atoms with E-state index in [1.165, 1.54) is 0 Å². The predicted octanol–water partition coefficient (Wildman–Crippen LogP) is 1.94. The lowest BCUT2D eigenvalue weighted by Gasteiger charge is -2.27. The summed E-state index contributed by atoms with van der Waals surface area (Å²) in [4.78, 5) is 27.3. The lowest BCUT2D eigenvalue weighted by molar-refractivity contribution is 0.163. The Labute approximate surface area is 123 Å². The number of thioether (sulfide) groups is 1. The quantitative estimate of drug-likeness (QED) is 0.920. The summed E-state index contributed by atoms with van der Waals surface area (Å²) in [7, 11) is 1.59. The first-order valence-electron chi connectivity index (χ1n) is 6.14. The highest BCUT2D eigenvalue weighted by Gasteiger charge is 2.26. The topological polar surface area (TPSA) is 64.1 Å². The zero-order valence-corrected chi connectivity index (χ0v) is 12.6. The van der Waals surface area contributed by atoms with Gasteiger partial charge in [-0.15, -0.1) is 11.8 Å². The van der Waals surface area contributed by atoms with Crippen LogP contribution in [-0.4, -0.2) is 29.0 Å². The molecule has 0 fully saturated rings. The number of rotatable bonds is 2. The molecule has 1 atom stereocenters. The number of hydrogen-bond acceptors (Lipinski definition) is 4. The average molecular weight is 313 g/mol. The van der Waals surface area contributed by atoms with E-state index < -0.39 is 5.69 Å². The number of benzene rings is 1. The Bertz CT molecular complexity index is 812. The maximum Gasteiger partial charge on any atom is 0.329 e. The number of aromatic amines is 1. The van der Waals surface area contributed by atoms with Crippen LogP contribution in [0.4, 0.5) is 0 Å². The van der Waals surface area contributed by atoms with Crippen molar-refractivity contribution in [1.29, 1.82) is 0 Å². The Morgan fingerprint density at radius 1 is 1.55 bits per heavy atom. The summed E-state index contributed by atoms with van der Waals surface area (Å²) >= 11 is 7.89. The third-order valence-electron chi connectivity index (χ3n) is 3.45. The molecule has 0 radical (unpaired) electrons. The maximum absolute atomic E-state index is 12.2. The number of H-pyrrole nitrogens is 1. The van der Waals surface area contributed by atoms with Crippen LogP contribution in [0, 0.1) is 6.92 Å². The van der Waals surface area contributed by atoms with Crippen molar-refractivity contribution >= 4 is 34.3 Å². The van der Waals surface area contributed by atoms with Crippen molar-refractivity contribution in [3.63, 3.8) is 0 Å². The minimum absolute atomic E-state index is 0.108. The molecule has 2 aromatic rings. The van der Waals surface area contributed by atoms with Gasteiger partial charge in [0, 0.05) is 12.9 Å². The van der Waals surface area contributed by atoms with Crippen molar-refractivity contribution in [3.05, 3.63) is 37.5 Å². The van der Waals surface area contributed by atoms with Crippen LogP contribution in [0.2, 0.25) is 5.02 Å². The van der Waals surface area contributed by atoms with Gasteiger partial charge in [0.2, 0.25) is 0 Å². The van der Waals surface area contributed by atoms with Crippen LogP contribution in [-0.2, 0) is 4.74 Å². The number of ether oxygens (including phenoxy) is 1. The summed E-state index contributed by atoms with van der Waals surface area (Å²) in [5, 5.41) is 1.10. The minimum atomic E-state index is -0.411. The van der Waals surface area contributed by atoms with Gasteiger partial charge in [-0.3, -0.25) is 14.3 Å². The molecule has 0 saturated carbocycles. The Hall–Kier alpha value is -1.24. The fourth-order valence-electron chi connectivity index (χ4n) is 2.54. The molecule has 0 aliphatic carbocycles. The first-order valence-corrected chi connectivity index (χ1v) is 7.50. The Morgan fingerprint density at radius 2 is 2.30 bits per heavy atom. The van der Waals surface area contributed by atoms with E-state index in [1.54, 1.807) is 29.5 Å². The highest BCUT2D eigenvalue weighted by Crippen LogP contribution is 2.40. The summed E-state index contributed by atoms with van der Waals surface area (Å²) in [6, 6.07) is 1.62. The standard InChI is InChI=1S/C13H13ClN2O3S/c1-6-3-8-10-11(9(6)14)20-5-7(4-19-2)16(10)13(18)15-12(8)17/h3,7H,4-5H2,1-2H3,(H,15,17,18)/t7-/m0/s1. The van der Waals surface area contributed by atoms with Gasteiger partial charge in [-0.1, -0.05) is 11.6 Å². The van der Waals surface area contributed by atoms with E-state index in [-0.39, 0.29) is 11.6 Å². The van der Waals surface area contributed by atoms with E-state index in [2.05, 4.69) is 4.98 Å². The zero-order chi connectivity index (χ0) is 14.4. The fourth-order valence-corrected chi connectivity index (χ4v) is 4.09. The van der Waals surface area contributed by atoms with E-state index in [0.717, 1.165) is 10.5 Å². The van der Waals surface area contributed by atoms with Crippen molar-refractivity contribution < 1.29 is 4.74 Å². The molecule has 1 aromatic heterocycles. The summed E-state index contributed by atoms with van der Waals surface area (Å²) in [5.41, 5.74) is 0.669. The molecule has 1 N–H and O–H groups in total. The number of aromatic nitrogens is 2. The second kappa shape index (κ2) is 4.95. The van der Waals surface area contributed by atoms with Crippen molar-refractivity contribution in [1.82, 2.24) is 9.55 Å². The van der Waals surface area contributed by atoms with Gasteiger partial charge in [0.05, 0.1) is 33.5 Å². The van der Waals surface area contributed by atoms with Crippen LogP contribution in [0.5, 0.6) is 0 Å². The third-order valence-corrected chi connectivity index (χ3v) is 5.28. The van der Waals surface area contributed by atoms with Gasteiger partial charge < -0.3 is 4.74 Å². The molecule has 0 amide bonds. The number of halogens is 1. The van der Waals surface area contributed by atoms with Crippen LogP contribution in [0.25, 0.3) is 10.9 Å². The van der Waals surface area contributed by atoms with Gasteiger partial charge in [0.1, 0.15) is 0 Å². The minimum Gasteiger partial charge on any atom is -0.383 e. The Balaban J connectivity index is 2.48. The summed E-state index contributed by atoms with van der Waals surface area (Å²) in [5.74, 6) is 0.686. The van der Waals surface area contributed by atoms with Crippen LogP contribution >= 0.6 is 23.4 Å². The van der Waals surface area contributed by atoms with Crippen LogP contribution < -0.4 is 11.2 Å². The van der Waals surface area contributed by atoms with Gasteiger partial charge in [0.15, 0.2) is 0 Å². The Kier molecular flexibility index (Phi) is 3.40. The number of aryl methyl sites for hydroxylation is 1. The van der Waals surface area contributed by atoms with E-state index in [0.29, 0.717) is 28.3 Å². The molecule has 1 aliphatic heterocycles. The van der Waals surface area contributed by atoms with E-state index in [4.69, 9.17) is 16.3 Å². The molecule has 2 heterocycles. The van der Waals surface area contributed by atoms with Gasteiger partial charge in [-0.2, -0.15) is 0 Å². The highest BCUT2D eigenvalue weighted by molar-refractivity contribution is 7.99. The molecule has 0 unspecified atom stereocenters. The van der Waals surface area contributed by atoms with Gasteiger partial charge >= 0.3 is 5.69 Å². The molecule has 1 aliphatic rings. The van der Waals surface area contributed by atoms with Crippen LogP contribution in [0.15, 0.2) is 20.6 Å². The first-order chi connectivity index (χ1) is 9.54. The Morgan fingerprint density at radius 3 is 3.00 bits per heavy atom. The summed E-state index contributed by atoms with van der Waals surface area (Å²) in [6.07, 6.45) is 0. The van der Waals surface area contributed by atoms with Gasteiger partial charge in [0.25, 0.3) is 5.56 Å². The smallest absolute Gasteiger partial charge is 0.329 e. The fraction of sp³-hybridized carbons (Fsp3) is 0.385. The molecule has 3 rings (SSSR count). The van der Waals surface area contributed by atoms with E-state index in [1.807, 2.05) is 6.92 Å². The molecule has 106 valence electrons. The first kappa shape index (κ1) is 13.7. The van der Waals surface area contributed by atoms with E-state index in [9.17, 15) is 9.59 Å². The molecule has 0 spiro atoms. The van der Waals surface area contributed by atoms with E-state index >= 15 is 0 Å². The molecular weight excluding hydrogens is 300 g/mol. The molecule has 0 saturated heterocycles. The van der Waals surface area contributed by atoms with Crippen molar-refractivity contribution in [2.75, 3.05) is 19.5 Å². The monoisotopic (exact) mass is 312 g/mol. The van der Waals surface area contributed by atoms with Gasteiger partial charge in [-0.25, -0.2) is 4.79 Å². The molecule has 5 nitrogen and oxygen atoms in total. The molecule has 7 heteroatoms. The highest BCUT2D eigenvalue weighted by atomic mass is 35.5. The normalized spacial score (nSPS) is 17.6. The number of nitrogens with one attached hydrogen (secondary N) is 1. The maximum atomic E-state index is 12.2. The second-order valence-corrected chi connectivity index (χ2v) is 6.19. The van der Waals surface area contributed by atoms with Crippen LogP contribution in [0.1, 0.15) is 11.6 Å². The molecular formula is C13H13ClN2O3S. The van der Waals surface area contributed by atoms with Crippen LogP contribution in [0.3, 0.4) is 0 Å². The van der Waals surface area contributed by atoms with Crippen molar-refractivity contribution in [2.45, 2.75) is 17.9 Å². The second-order valence-electron chi connectivity index (χ2n) is 4.78. The number of hydrogen-bond donors (Lipinski definition) is 1. The van der Waals surface area contributed by atoms with Gasteiger partial charge in [-0.05, 0) is 18.6 Å². The molecule has 0 bridgehead atoms. The third kappa shape index (κ3) is 1.90. The molecule has 1 aromatic carbocycles. The number of nitrogens with zero attached hydrogens (tertiary/aromatic N) is 1. The lowest BCUT2D eigenvalue weighted by atomic mass is 10.1. The summed E-state index contributed by atoms with van der Waals surface area (Å²) < 4.78 is 6.76.